The zero-order chi connectivity index (χ0) is 53.0. The molecule has 4 aromatic carbocycles. The molecule has 4 aromatic rings. The van der Waals surface area contributed by atoms with E-state index in [0.29, 0.717) is 11.8 Å². The molecule has 1 atom stereocenters. The van der Waals surface area contributed by atoms with Crippen molar-refractivity contribution >= 4 is 80.6 Å². The lowest BCUT2D eigenvalue weighted by Gasteiger charge is -2.39. The van der Waals surface area contributed by atoms with Gasteiger partial charge in [-0.25, -0.2) is 12.6 Å². The highest BCUT2D eigenvalue weighted by atomic mass is 35.5. The van der Waals surface area contributed by atoms with Crippen molar-refractivity contribution in [2.45, 2.75) is 73.1 Å². The van der Waals surface area contributed by atoms with E-state index in [1.165, 1.54) is 34.5 Å². The van der Waals surface area contributed by atoms with E-state index in [9.17, 15) is 40.0 Å². The molecule has 1 unspecified atom stereocenters. The van der Waals surface area contributed by atoms with Crippen molar-refractivity contribution in [2.24, 2.45) is 11.3 Å². The number of rotatable bonds is 18. The summed E-state index contributed by atoms with van der Waals surface area (Å²) < 4.78 is 97.1. The number of allylic oxidation sites excluding steroid dienone is 1. The van der Waals surface area contributed by atoms with Crippen LogP contribution < -0.4 is 14.9 Å². The first kappa shape index (κ1) is 58.0. The number of esters is 1. The van der Waals surface area contributed by atoms with Gasteiger partial charge in [-0.3, -0.25) is 23.8 Å². The van der Waals surface area contributed by atoms with Crippen molar-refractivity contribution in [3.63, 3.8) is 0 Å². The summed E-state index contributed by atoms with van der Waals surface area (Å²) in [5.74, 6) is -0.721. The number of benzene rings is 4. The van der Waals surface area contributed by atoms with Crippen molar-refractivity contribution < 1.29 is 54.5 Å². The second-order valence-corrected chi connectivity index (χ2v) is 25.4. The van der Waals surface area contributed by atoms with Gasteiger partial charge in [0.25, 0.3) is 15.7 Å². The van der Waals surface area contributed by atoms with Gasteiger partial charge in [0.15, 0.2) is 11.0 Å². The van der Waals surface area contributed by atoms with Gasteiger partial charge in [-0.05, 0) is 135 Å². The van der Waals surface area contributed by atoms with Gasteiger partial charge in [-0.2, -0.15) is 13.2 Å². The van der Waals surface area contributed by atoms with Gasteiger partial charge < -0.3 is 29.6 Å². The monoisotopic (exact) mass is 1110 g/mol. The summed E-state index contributed by atoms with van der Waals surface area (Å²) >= 11 is 7.62. The maximum atomic E-state index is 13.7. The first-order valence-corrected chi connectivity index (χ1v) is 29.9. The van der Waals surface area contributed by atoms with Crippen LogP contribution in [0.3, 0.4) is 0 Å². The molecule has 1 aliphatic carbocycles. The average Bonchev–Trinajstić information content (AvgIpc) is 3.35. The number of carbonyl (C=O) groups is 2. The number of anilines is 2. The Labute approximate surface area is 438 Å². The Bertz CT molecular complexity index is 2720. The van der Waals surface area contributed by atoms with Crippen molar-refractivity contribution in [1.29, 1.82) is 0 Å². The topological polar surface area (TPSA) is 186 Å². The normalized spacial score (nSPS) is 17.6. The number of thioether (sulfide) groups is 1. The predicted octanol–water partition coefficient (Wildman–Crippen LogP) is 9.52. The minimum atomic E-state index is -5.81. The predicted molar refractivity (Wildman–Crippen MR) is 283 cm³/mol. The van der Waals surface area contributed by atoms with Crippen LogP contribution >= 0.6 is 31.0 Å². The molecule has 73 heavy (non-hydrogen) atoms. The number of amides is 1. The number of halogens is 4. The molecule has 2 aliphatic heterocycles. The number of alkyl halides is 3. The highest BCUT2D eigenvalue weighted by Gasteiger charge is 2.48. The van der Waals surface area contributed by atoms with Gasteiger partial charge in [0.1, 0.15) is 11.5 Å². The average molecular weight is 1110 g/mol. The lowest BCUT2D eigenvalue weighted by atomic mass is 9.73. The molecule has 14 nitrogen and oxygen atoms in total. The van der Waals surface area contributed by atoms with Crippen LogP contribution in [0.15, 0.2) is 117 Å². The van der Waals surface area contributed by atoms with Gasteiger partial charge in [0, 0.05) is 66.2 Å². The number of nitrogens with one attached hydrogen (secondary N) is 2. The Balaban J connectivity index is 0.000000434. The third-order valence-corrected chi connectivity index (χ3v) is 17.6. The largest absolute Gasteiger partial charge is 0.501 e. The maximum absolute atomic E-state index is 13.7. The highest BCUT2D eigenvalue weighted by molar-refractivity contribution is 7.99. The number of piperidine rings is 1. The zero-order valence-corrected chi connectivity index (χ0v) is 45.2. The van der Waals surface area contributed by atoms with E-state index in [-0.39, 0.29) is 46.6 Å². The van der Waals surface area contributed by atoms with Crippen LogP contribution in [0.1, 0.15) is 68.8 Å². The molecule has 3 aliphatic rings. The molecule has 0 bridgehead atoms. The number of hydrogen-bond donors (Lipinski definition) is 4. The highest BCUT2D eigenvalue weighted by Crippen LogP contribution is 2.43. The first-order valence-electron chi connectivity index (χ1n) is 24.1. The fourth-order valence-electron chi connectivity index (χ4n) is 8.87. The lowest BCUT2D eigenvalue weighted by Crippen LogP contribution is -2.47. The minimum Gasteiger partial charge on any atom is -0.465 e. The number of piperazine rings is 1. The Morgan fingerprint density at radius 1 is 0.918 bits per heavy atom. The Morgan fingerprint density at radius 3 is 2.19 bits per heavy atom. The number of ether oxygens (including phenoxy) is 1. The van der Waals surface area contributed by atoms with Crippen molar-refractivity contribution in [3.05, 3.63) is 119 Å². The van der Waals surface area contributed by atoms with Crippen LogP contribution in [0.25, 0.3) is 5.57 Å². The quantitative estimate of drug-likeness (QED) is 0.0320. The molecule has 2 saturated heterocycles. The summed E-state index contributed by atoms with van der Waals surface area (Å²) in [7, 11) is -12.2. The summed E-state index contributed by atoms with van der Waals surface area (Å²) in [5, 5.41) is 3.49. The van der Waals surface area contributed by atoms with Crippen LogP contribution in [0, 0.1) is 11.3 Å². The molecular formula is C51H64ClF3N5O9PS3. The van der Waals surface area contributed by atoms with Crippen LogP contribution in [0.4, 0.5) is 24.5 Å². The summed E-state index contributed by atoms with van der Waals surface area (Å²) in [4.78, 5) is 48.5. The van der Waals surface area contributed by atoms with Gasteiger partial charge in [-0.1, -0.05) is 68.3 Å². The molecule has 0 aromatic heterocycles. The van der Waals surface area contributed by atoms with E-state index < -0.39 is 50.9 Å². The summed E-state index contributed by atoms with van der Waals surface area (Å²) in [5.41, 5.74) is -0.375. The van der Waals surface area contributed by atoms with E-state index >= 15 is 0 Å². The second-order valence-electron chi connectivity index (χ2n) is 18.9. The molecule has 398 valence electrons. The van der Waals surface area contributed by atoms with Crippen molar-refractivity contribution in [2.75, 3.05) is 87.6 Å². The second kappa shape index (κ2) is 26.0. The SMILES string of the molecule is CC1(C)CCC(c2ccc(Cl)cc2)=C(CN2CCN(c3ccc(C(=O)NS(=O)c4ccc(NCCSc5ccccc5)c(S(=O)(=O)C(F)(F)F)c4)cc3)CC2)C1.CCN1CCC(C(=O)OCCP(=O)(O)O)CC1. The maximum Gasteiger partial charge on any atom is 0.501 e. The first-order chi connectivity index (χ1) is 34.5. The fourth-order valence-corrected chi connectivity index (χ4v) is 12.0. The number of nitrogens with zero attached hydrogens (tertiary/aromatic N) is 3. The summed E-state index contributed by atoms with van der Waals surface area (Å²) in [6, 6.07) is 27.3. The Kier molecular flexibility index (Phi) is 20.7. The molecule has 7 rings (SSSR count). The fraction of sp³-hybridized carbons (Fsp3) is 0.451. The number of hydrogen-bond acceptors (Lipinski definition) is 12. The van der Waals surface area contributed by atoms with Crippen LogP contribution in [0.2, 0.25) is 5.02 Å². The molecule has 0 radical (unpaired) electrons. The number of carbonyl (C=O) groups excluding carboxylic acids is 2. The smallest absolute Gasteiger partial charge is 0.465 e. The van der Waals surface area contributed by atoms with E-state index in [1.54, 1.807) is 12.1 Å². The minimum absolute atomic E-state index is 0.116. The van der Waals surface area contributed by atoms with Crippen LogP contribution in [-0.2, 0) is 34.9 Å². The van der Waals surface area contributed by atoms with E-state index in [0.717, 1.165) is 106 Å². The van der Waals surface area contributed by atoms with E-state index in [1.807, 2.05) is 54.6 Å². The summed E-state index contributed by atoms with van der Waals surface area (Å²) in [6.07, 6.45) is 4.36. The molecule has 0 spiro atoms. The standard InChI is InChI=1S/C41H44ClF3N4O4S3.C10H20NO5P/c1-40(2)19-18-36(29-8-12-32(42)13-9-29)31(27-40)28-48-21-23-49(24-22-48)33-14-10-30(11-15-33)39(50)47-55(51)35-16-17-37(38(26-35)56(52,53)41(43,44)45)46-20-25-54-34-6-4-3-5-7-34;1-2-11-5-3-9(4-6-11)10(12)16-7-8-17(13,14)15/h3-17,26,46H,18-25,27-28H2,1-2H3,(H,47,50);9H,2-8H2,1H3,(H2,13,14,15). The third kappa shape index (κ3) is 17.1. The van der Waals surface area contributed by atoms with E-state index in [2.05, 4.69) is 57.6 Å². The van der Waals surface area contributed by atoms with Crippen molar-refractivity contribution in [3.8, 4) is 0 Å². The van der Waals surface area contributed by atoms with Gasteiger partial charge in [-0.15, -0.1) is 11.8 Å². The van der Waals surface area contributed by atoms with Crippen LogP contribution in [-0.4, -0.2) is 127 Å². The molecule has 0 saturated carbocycles. The zero-order valence-electron chi connectivity index (χ0n) is 41.1. The Morgan fingerprint density at radius 2 is 1.58 bits per heavy atom. The number of likely N-dealkylation sites (tertiary alicyclic amines) is 1. The molecule has 4 N–H and O–H groups in total. The molecule has 1 amide bonds. The van der Waals surface area contributed by atoms with Gasteiger partial charge in [0.05, 0.1) is 22.7 Å². The van der Waals surface area contributed by atoms with Crippen LogP contribution in [0.5, 0.6) is 0 Å². The lowest BCUT2D eigenvalue weighted by molar-refractivity contribution is -0.149. The molecule has 2 fully saturated rings. The molecule has 2 heterocycles. The summed E-state index contributed by atoms with van der Waals surface area (Å²) in [6.45, 7) is 13.7. The molecular weight excluding hydrogens is 1050 g/mol. The van der Waals surface area contributed by atoms with Crippen molar-refractivity contribution in [1.82, 2.24) is 14.5 Å². The third-order valence-electron chi connectivity index (χ3n) is 13.0. The number of sulfone groups is 1. The Hall–Kier alpha value is -4.24. The van der Waals surface area contributed by atoms with E-state index in [4.69, 9.17) is 26.1 Å². The van der Waals surface area contributed by atoms with Gasteiger partial charge in [0.2, 0.25) is 0 Å². The molecule has 22 heteroatoms. The van der Waals surface area contributed by atoms with Gasteiger partial charge >= 0.3 is 19.1 Å².